The number of carboxylic acid groups (broad SMARTS) is 1. The first-order valence-electron chi connectivity index (χ1n) is 6.78. The van der Waals surface area contributed by atoms with E-state index < -0.39 is 5.97 Å². The predicted molar refractivity (Wildman–Crippen MR) is 75.4 cm³/mol. The zero-order chi connectivity index (χ0) is 14.9. The van der Waals surface area contributed by atoms with Gasteiger partial charge in [0.15, 0.2) is 0 Å². The number of carbonyl (C=O) groups excluding carboxylic acids is 1. The normalized spacial score (nSPS) is 16.0. The SMILES string of the molecule is CC(C)NC(=O)C(C)N1Cc2ccc(C(=O)O)cc2C1. The monoisotopic (exact) mass is 276 g/mol. The number of benzene rings is 1. The molecule has 1 aromatic carbocycles. The Hall–Kier alpha value is -1.88. The van der Waals surface area contributed by atoms with Crippen LogP contribution in [0.5, 0.6) is 0 Å². The number of amides is 1. The average Bonchev–Trinajstić information content (AvgIpc) is 2.79. The van der Waals surface area contributed by atoms with Crippen molar-refractivity contribution in [3.8, 4) is 0 Å². The van der Waals surface area contributed by atoms with Crippen molar-refractivity contribution in [1.82, 2.24) is 10.2 Å². The molecule has 1 aliphatic rings. The van der Waals surface area contributed by atoms with Crippen molar-refractivity contribution < 1.29 is 14.7 Å². The summed E-state index contributed by atoms with van der Waals surface area (Å²) in [6.45, 7) is 7.04. The van der Waals surface area contributed by atoms with Crippen molar-refractivity contribution in [3.63, 3.8) is 0 Å². The van der Waals surface area contributed by atoms with E-state index in [1.165, 1.54) is 0 Å². The van der Waals surface area contributed by atoms with Crippen LogP contribution in [0.4, 0.5) is 0 Å². The van der Waals surface area contributed by atoms with E-state index in [9.17, 15) is 9.59 Å². The first-order valence-corrected chi connectivity index (χ1v) is 6.78. The first kappa shape index (κ1) is 14.5. The largest absolute Gasteiger partial charge is 0.478 e. The van der Waals surface area contributed by atoms with Gasteiger partial charge in [0.2, 0.25) is 5.91 Å². The molecule has 0 bridgehead atoms. The number of nitrogens with one attached hydrogen (secondary N) is 1. The Bertz CT molecular complexity index is 540. The summed E-state index contributed by atoms with van der Waals surface area (Å²) in [5, 5.41) is 11.9. The fraction of sp³-hybridized carbons (Fsp3) is 0.467. The van der Waals surface area contributed by atoms with Crippen LogP contribution in [0.3, 0.4) is 0 Å². The van der Waals surface area contributed by atoms with Gasteiger partial charge >= 0.3 is 5.97 Å². The molecule has 108 valence electrons. The second kappa shape index (κ2) is 5.63. The van der Waals surface area contributed by atoms with E-state index in [1.807, 2.05) is 31.7 Å². The van der Waals surface area contributed by atoms with Gasteiger partial charge in [-0.25, -0.2) is 4.79 Å². The Morgan fingerprint density at radius 3 is 2.45 bits per heavy atom. The highest BCUT2D eigenvalue weighted by Crippen LogP contribution is 2.25. The molecule has 1 heterocycles. The molecular formula is C15H20N2O3. The summed E-state index contributed by atoms with van der Waals surface area (Å²) in [5.41, 5.74) is 2.39. The summed E-state index contributed by atoms with van der Waals surface area (Å²) in [4.78, 5) is 25.0. The summed E-state index contributed by atoms with van der Waals surface area (Å²) in [6.07, 6.45) is 0. The molecule has 1 atom stereocenters. The number of nitrogens with zero attached hydrogens (tertiary/aromatic N) is 1. The van der Waals surface area contributed by atoms with Crippen molar-refractivity contribution in [2.75, 3.05) is 0 Å². The molecule has 0 aliphatic carbocycles. The third-order valence-corrected chi connectivity index (χ3v) is 3.56. The predicted octanol–water partition coefficient (Wildman–Crippen LogP) is 1.61. The summed E-state index contributed by atoms with van der Waals surface area (Å²) in [5.74, 6) is -0.914. The van der Waals surface area contributed by atoms with Gasteiger partial charge in [-0.3, -0.25) is 9.69 Å². The lowest BCUT2D eigenvalue weighted by molar-refractivity contribution is -0.126. The summed E-state index contributed by atoms with van der Waals surface area (Å²) in [7, 11) is 0. The molecule has 0 aromatic heterocycles. The van der Waals surface area contributed by atoms with Gasteiger partial charge in [-0.2, -0.15) is 0 Å². The number of carbonyl (C=O) groups is 2. The minimum atomic E-state index is -0.920. The minimum Gasteiger partial charge on any atom is -0.478 e. The Labute approximate surface area is 118 Å². The zero-order valence-electron chi connectivity index (χ0n) is 12.0. The number of hydrogen-bond acceptors (Lipinski definition) is 3. The Kier molecular flexibility index (Phi) is 4.09. The van der Waals surface area contributed by atoms with Gasteiger partial charge in [0.25, 0.3) is 0 Å². The molecule has 0 radical (unpaired) electrons. The van der Waals surface area contributed by atoms with Crippen molar-refractivity contribution in [1.29, 1.82) is 0 Å². The molecule has 1 aliphatic heterocycles. The molecule has 1 aromatic rings. The van der Waals surface area contributed by atoms with E-state index in [0.717, 1.165) is 11.1 Å². The third-order valence-electron chi connectivity index (χ3n) is 3.56. The maximum atomic E-state index is 12.0. The lowest BCUT2D eigenvalue weighted by Gasteiger charge is -2.23. The molecule has 2 N–H and O–H groups in total. The fourth-order valence-electron chi connectivity index (χ4n) is 2.40. The second-order valence-electron chi connectivity index (χ2n) is 5.53. The van der Waals surface area contributed by atoms with Crippen LogP contribution in [0.25, 0.3) is 0 Å². The maximum absolute atomic E-state index is 12.0. The second-order valence-corrected chi connectivity index (χ2v) is 5.53. The highest BCUT2D eigenvalue weighted by Gasteiger charge is 2.28. The fourth-order valence-corrected chi connectivity index (χ4v) is 2.40. The number of aromatic carboxylic acids is 1. The van der Waals surface area contributed by atoms with Crippen LogP contribution in [0, 0.1) is 0 Å². The van der Waals surface area contributed by atoms with Gasteiger partial charge in [0, 0.05) is 19.1 Å². The smallest absolute Gasteiger partial charge is 0.335 e. The third kappa shape index (κ3) is 2.99. The van der Waals surface area contributed by atoms with Crippen LogP contribution >= 0.6 is 0 Å². The van der Waals surface area contributed by atoms with Crippen molar-refractivity contribution in [3.05, 3.63) is 34.9 Å². The summed E-state index contributed by atoms with van der Waals surface area (Å²) in [6, 6.07) is 5.05. The van der Waals surface area contributed by atoms with Gasteiger partial charge in [0.05, 0.1) is 11.6 Å². The molecule has 0 saturated heterocycles. The lowest BCUT2D eigenvalue weighted by atomic mass is 10.1. The number of rotatable bonds is 4. The van der Waals surface area contributed by atoms with E-state index in [4.69, 9.17) is 5.11 Å². The van der Waals surface area contributed by atoms with Crippen LogP contribution in [0.1, 0.15) is 42.3 Å². The van der Waals surface area contributed by atoms with Gasteiger partial charge in [-0.15, -0.1) is 0 Å². The van der Waals surface area contributed by atoms with Crippen molar-refractivity contribution in [2.24, 2.45) is 0 Å². The van der Waals surface area contributed by atoms with Crippen LogP contribution in [-0.4, -0.2) is 34.0 Å². The standard InChI is InChI=1S/C15H20N2O3/c1-9(2)16-14(18)10(3)17-7-12-5-4-11(15(19)20)6-13(12)8-17/h4-6,9-10H,7-8H2,1-3H3,(H,16,18)(H,19,20). The molecule has 2 rings (SSSR count). The zero-order valence-corrected chi connectivity index (χ0v) is 12.0. The van der Waals surface area contributed by atoms with E-state index in [-0.39, 0.29) is 18.0 Å². The topological polar surface area (TPSA) is 69.6 Å². The molecule has 1 amide bonds. The van der Waals surface area contributed by atoms with E-state index in [0.29, 0.717) is 18.7 Å². The maximum Gasteiger partial charge on any atom is 0.335 e. The lowest BCUT2D eigenvalue weighted by Crippen LogP contribution is -2.45. The summed E-state index contributed by atoms with van der Waals surface area (Å²) < 4.78 is 0. The summed E-state index contributed by atoms with van der Waals surface area (Å²) >= 11 is 0. The Morgan fingerprint density at radius 2 is 1.85 bits per heavy atom. The average molecular weight is 276 g/mol. The van der Waals surface area contributed by atoms with Gasteiger partial charge in [-0.05, 0) is 44.0 Å². The number of carboxylic acids is 1. The van der Waals surface area contributed by atoms with E-state index in [1.54, 1.807) is 12.1 Å². The van der Waals surface area contributed by atoms with Crippen molar-refractivity contribution >= 4 is 11.9 Å². The van der Waals surface area contributed by atoms with Crippen LogP contribution < -0.4 is 5.32 Å². The Morgan fingerprint density at radius 1 is 1.20 bits per heavy atom. The molecule has 5 heteroatoms. The highest BCUT2D eigenvalue weighted by molar-refractivity contribution is 5.88. The molecule has 0 saturated carbocycles. The Balaban J connectivity index is 2.09. The molecule has 0 fully saturated rings. The van der Waals surface area contributed by atoms with Crippen LogP contribution in [0.2, 0.25) is 0 Å². The number of hydrogen-bond donors (Lipinski definition) is 2. The van der Waals surface area contributed by atoms with Gasteiger partial charge in [-0.1, -0.05) is 6.07 Å². The molecule has 1 unspecified atom stereocenters. The van der Waals surface area contributed by atoms with Crippen LogP contribution in [0.15, 0.2) is 18.2 Å². The highest BCUT2D eigenvalue weighted by atomic mass is 16.4. The van der Waals surface area contributed by atoms with Gasteiger partial charge < -0.3 is 10.4 Å². The van der Waals surface area contributed by atoms with E-state index >= 15 is 0 Å². The molecular weight excluding hydrogens is 256 g/mol. The van der Waals surface area contributed by atoms with E-state index in [2.05, 4.69) is 5.32 Å². The van der Waals surface area contributed by atoms with Crippen molar-refractivity contribution in [2.45, 2.75) is 45.9 Å². The molecule has 20 heavy (non-hydrogen) atoms. The quantitative estimate of drug-likeness (QED) is 0.876. The first-order chi connectivity index (χ1) is 9.38. The van der Waals surface area contributed by atoms with Gasteiger partial charge in [0.1, 0.15) is 0 Å². The molecule has 5 nitrogen and oxygen atoms in total. The molecule has 0 spiro atoms. The minimum absolute atomic E-state index is 0.00580. The number of fused-ring (bicyclic) bond motifs is 1. The van der Waals surface area contributed by atoms with Crippen LogP contribution in [-0.2, 0) is 17.9 Å².